The van der Waals surface area contributed by atoms with Crippen molar-refractivity contribution in [1.82, 2.24) is 0 Å². The largest absolute Gasteiger partial charge is 0.324 e. The summed E-state index contributed by atoms with van der Waals surface area (Å²) in [5, 5.41) is 0. The summed E-state index contributed by atoms with van der Waals surface area (Å²) in [6, 6.07) is 6.32. The Morgan fingerprint density at radius 2 is 1.91 bits per heavy atom. The third-order valence-corrected chi connectivity index (χ3v) is 1.40. The van der Waals surface area contributed by atoms with E-state index in [1.165, 1.54) is 6.07 Å². The van der Waals surface area contributed by atoms with Crippen LogP contribution in [0.1, 0.15) is 18.5 Å². The molecule has 0 aromatic heterocycles. The first-order chi connectivity index (χ1) is 4.72. The van der Waals surface area contributed by atoms with Crippen molar-refractivity contribution in [3.63, 3.8) is 0 Å². The van der Waals surface area contributed by atoms with Crippen molar-refractivity contribution in [3.8, 4) is 0 Å². The second-order valence-corrected chi connectivity index (χ2v) is 2.31. The molecule has 3 heteroatoms. The van der Waals surface area contributed by atoms with E-state index in [0.29, 0.717) is 5.56 Å². The maximum absolute atomic E-state index is 12.8. The van der Waals surface area contributed by atoms with Gasteiger partial charge in [-0.2, -0.15) is 0 Å². The Hall–Kier alpha value is -0.600. The Morgan fingerprint density at radius 1 is 1.36 bits per heavy atom. The molecular weight excluding hydrogens is 165 g/mol. The molecule has 0 aliphatic rings. The standard InChI is InChI=1S/C8H10FN.ClH/c1-6(10)7-4-2-3-5-8(7)9;/h2-6H,10H2,1H3;1H/t6-;/m1./s1. The Balaban J connectivity index is 0.000001000. The van der Waals surface area contributed by atoms with Crippen molar-refractivity contribution in [1.29, 1.82) is 0 Å². The molecule has 62 valence electrons. The van der Waals surface area contributed by atoms with E-state index in [1.54, 1.807) is 25.1 Å². The summed E-state index contributed by atoms with van der Waals surface area (Å²) in [4.78, 5) is 0. The highest BCUT2D eigenvalue weighted by Crippen LogP contribution is 2.12. The fourth-order valence-electron chi connectivity index (χ4n) is 0.844. The van der Waals surface area contributed by atoms with Gasteiger partial charge in [0.15, 0.2) is 0 Å². The molecule has 2 N–H and O–H groups in total. The topological polar surface area (TPSA) is 26.0 Å². The van der Waals surface area contributed by atoms with Gasteiger partial charge in [0.2, 0.25) is 0 Å². The predicted molar refractivity (Wildman–Crippen MR) is 46.3 cm³/mol. The molecular formula is C8H11ClFN. The number of rotatable bonds is 1. The first kappa shape index (κ1) is 10.4. The molecule has 1 aromatic rings. The second kappa shape index (κ2) is 4.31. The summed E-state index contributed by atoms with van der Waals surface area (Å²) in [5.41, 5.74) is 6.05. The van der Waals surface area contributed by atoms with Crippen LogP contribution in [0.25, 0.3) is 0 Å². The van der Waals surface area contributed by atoms with Crippen LogP contribution in [-0.4, -0.2) is 0 Å². The fraction of sp³-hybridized carbons (Fsp3) is 0.250. The lowest BCUT2D eigenvalue weighted by molar-refractivity contribution is 0.594. The number of benzene rings is 1. The van der Waals surface area contributed by atoms with Crippen LogP contribution in [0.4, 0.5) is 4.39 Å². The number of hydrogen-bond acceptors (Lipinski definition) is 1. The average Bonchev–Trinajstić information content (AvgIpc) is 1.88. The van der Waals surface area contributed by atoms with E-state index in [9.17, 15) is 4.39 Å². The van der Waals surface area contributed by atoms with Gasteiger partial charge in [0.25, 0.3) is 0 Å². The van der Waals surface area contributed by atoms with Gasteiger partial charge in [0.05, 0.1) is 0 Å². The van der Waals surface area contributed by atoms with Gasteiger partial charge in [0, 0.05) is 11.6 Å². The third-order valence-electron chi connectivity index (χ3n) is 1.40. The minimum Gasteiger partial charge on any atom is -0.324 e. The van der Waals surface area contributed by atoms with Crippen LogP contribution in [0, 0.1) is 5.82 Å². The Morgan fingerprint density at radius 3 is 2.27 bits per heavy atom. The Kier molecular flexibility index (Phi) is 4.08. The average molecular weight is 176 g/mol. The smallest absolute Gasteiger partial charge is 0.127 e. The van der Waals surface area contributed by atoms with Crippen LogP contribution in [-0.2, 0) is 0 Å². The van der Waals surface area contributed by atoms with Gasteiger partial charge in [0.1, 0.15) is 5.82 Å². The van der Waals surface area contributed by atoms with Gasteiger partial charge in [-0.05, 0) is 13.0 Å². The molecule has 0 aliphatic heterocycles. The molecule has 0 spiro atoms. The molecule has 0 aliphatic carbocycles. The molecule has 1 nitrogen and oxygen atoms in total. The van der Waals surface area contributed by atoms with Crippen molar-refractivity contribution in [3.05, 3.63) is 35.6 Å². The lowest BCUT2D eigenvalue weighted by Crippen LogP contribution is -2.06. The van der Waals surface area contributed by atoms with Crippen LogP contribution in [0.2, 0.25) is 0 Å². The molecule has 0 radical (unpaired) electrons. The fourth-order valence-corrected chi connectivity index (χ4v) is 0.844. The molecule has 11 heavy (non-hydrogen) atoms. The van der Waals surface area contributed by atoms with Gasteiger partial charge in [-0.1, -0.05) is 18.2 Å². The van der Waals surface area contributed by atoms with Crippen molar-refractivity contribution in [2.45, 2.75) is 13.0 Å². The molecule has 0 heterocycles. The van der Waals surface area contributed by atoms with Crippen molar-refractivity contribution in [2.75, 3.05) is 0 Å². The molecule has 0 saturated heterocycles. The highest BCUT2D eigenvalue weighted by molar-refractivity contribution is 5.85. The SMILES string of the molecule is C[C@@H](N)c1ccccc1F.Cl. The Bertz CT molecular complexity index is 225. The summed E-state index contributed by atoms with van der Waals surface area (Å²) in [6.45, 7) is 1.76. The maximum Gasteiger partial charge on any atom is 0.127 e. The van der Waals surface area contributed by atoms with Gasteiger partial charge in [-0.3, -0.25) is 0 Å². The normalized spacial score (nSPS) is 11.9. The number of hydrogen-bond donors (Lipinski definition) is 1. The van der Waals surface area contributed by atoms with Crippen molar-refractivity contribution in [2.24, 2.45) is 5.73 Å². The summed E-state index contributed by atoms with van der Waals surface area (Å²) in [7, 11) is 0. The van der Waals surface area contributed by atoms with Crippen LogP contribution >= 0.6 is 12.4 Å². The number of halogens is 2. The molecule has 0 fully saturated rings. The zero-order valence-electron chi connectivity index (χ0n) is 6.25. The lowest BCUT2D eigenvalue weighted by Gasteiger charge is -2.04. The maximum atomic E-state index is 12.8. The first-order valence-corrected chi connectivity index (χ1v) is 3.22. The van der Waals surface area contributed by atoms with Gasteiger partial charge in [-0.15, -0.1) is 12.4 Å². The summed E-state index contributed by atoms with van der Waals surface area (Å²) >= 11 is 0. The quantitative estimate of drug-likeness (QED) is 0.696. The lowest BCUT2D eigenvalue weighted by atomic mass is 10.1. The summed E-state index contributed by atoms with van der Waals surface area (Å²) < 4.78 is 12.8. The van der Waals surface area contributed by atoms with E-state index >= 15 is 0 Å². The van der Waals surface area contributed by atoms with Crippen LogP contribution in [0.5, 0.6) is 0 Å². The van der Waals surface area contributed by atoms with E-state index in [-0.39, 0.29) is 24.3 Å². The van der Waals surface area contributed by atoms with Crippen molar-refractivity contribution < 1.29 is 4.39 Å². The zero-order valence-corrected chi connectivity index (χ0v) is 7.07. The number of nitrogens with two attached hydrogens (primary N) is 1. The highest BCUT2D eigenvalue weighted by Gasteiger charge is 2.03. The summed E-state index contributed by atoms with van der Waals surface area (Å²) in [5.74, 6) is -0.225. The molecule has 0 saturated carbocycles. The molecule has 1 aromatic carbocycles. The highest BCUT2D eigenvalue weighted by atomic mass is 35.5. The van der Waals surface area contributed by atoms with Gasteiger partial charge in [-0.25, -0.2) is 4.39 Å². The molecule has 0 amide bonds. The van der Waals surface area contributed by atoms with Crippen LogP contribution in [0.15, 0.2) is 24.3 Å². The van der Waals surface area contributed by atoms with Crippen molar-refractivity contribution >= 4 is 12.4 Å². The van der Waals surface area contributed by atoms with Gasteiger partial charge >= 0.3 is 0 Å². The van der Waals surface area contributed by atoms with E-state index in [2.05, 4.69) is 0 Å². The first-order valence-electron chi connectivity index (χ1n) is 3.22. The monoisotopic (exact) mass is 175 g/mol. The van der Waals surface area contributed by atoms with E-state index in [4.69, 9.17) is 5.73 Å². The molecule has 1 atom stereocenters. The molecule has 0 bridgehead atoms. The third kappa shape index (κ3) is 2.48. The second-order valence-electron chi connectivity index (χ2n) is 2.31. The van der Waals surface area contributed by atoms with E-state index in [0.717, 1.165) is 0 Å². The minimum atomic E-state index is -0.225. The zero-order chi connectivity index (χ0) is 7.56. The molecule has 0 unspecified atom stereocenters. The van der Waals surface area contributed by atoms with Gasteiger partial charge < -0.3 is 5.73 Å². The van der Waals surface area contributed by atoms with E-state index < -0.39 is 0 Å². The minimum absolute atomic E-state index is 0. The van der Waals surface area contributed by atoms with Crippen LogP contribution < -0.4 is 5.73 Å². The Labute approximate surface area is 71.8 Å². The van der Waals surface area contributed by atoms with Crippen LogP contribution in [0.3, 0.4) is 0 Å². The van der Waals surface area contributed by atoms with E-state index in [1.807, 2.05) is 0 Å². The molecule has 1 rings (SSSR count). The summed E-state index contributed by atoms with van der Waals surface area (Å²) in [6.07, 6.45) is 0. The predicted octanol–water partition coefficient (Wildman–Crippen LogP) is 2.27.